The minimum atomic E-state index is -0.937. The molecule has 8 nitrogen and oxygen atoms in total. The van der Waals surface area contributed by atoms with Gasteiger partial charge in [0.1, 0.15) is 11.9 Å². The van der Waals surface area contributed by atoms with Crippen molar-refractivity contribution in [2.45, 2.75) is 98.2 Å². The molecular weight excluding hydrogens is 512 g/mol. The van der Waals surface area contributed by atoms with Gasteiger partial charge in [0.25, 0.3) is 0 Å². The SMILES string of the molecule is CC(C)=C(C)C(=O)O[C@H]1C[C@@H](O)[C@@]2(C)CO[C@H]3[C@@H](O)[C@@]4(C)C5=CC(=O)O[C@@H](c6ccco6)[C@]5(C)CC[C@@H]4[C@]1(C)[C@@H]32. The molecule has 1 aromatic heterocycles. The van der Waals surface area contributed by atoms with Crippen LogP contribution in [0.25, 0.3) is 0 Å². The summed E-state index contributed by atoms with van der Waals surface area (Å²) in [5.41, 5.74) is -0.461. The number of allylic oxidation sites excluding steroid dienone is 1. The maximum absolute atomic E-state index is 13.3. The maximum Gasteiger partial charge on any atom is 0.333 e. The molecule has 5 aliphatic rings. The molecule has 0 radical (unpaired) electrons. The van der Waals surface area contributed by atoms with Crippen molar-refractivity contribution in [1.29, 1.82) is 0 Å². The van der Waals surface area contributed by atoms with Crippen molar-refractivity contribution in [3.05, 3.63) is 47.0 Å². The van der Waals surface area contributed by atoms with Gasteiger partial charge in [0.05, 0.1) is 31.2 Å². The van der Waals surface area contributed by atoms with E-state index >= 15 is 0 Å². The highest BCUT2D eigenvalue weighted by molar-refractivity contribution is 5.88. The number of esters is 2. The zero-order valence-corrected chi connectivity index (χ0v) is 24.5. The van der Waals surface area contributed by atoms with Crippen molar-refractivity contribution < 1.29 is 38.4 Å². The van der Waals surface area contributed by atoms with E-state index in [4.69, 9.17) is 18.6 Å². The number of fused-ring (bicyclic) bond motifs is 4. The average molecular weight is 555 g/mol. The van der Waals surface area contributed by atoms with E-state index in [-0.39, 0.29) is 24.2 Å². The predicted octanol–water partition coefficient (Wildman–Crippen LogP) is 4.66. The molecule has 218 valence electrons. The van der Waals surface area contributed by atoms with Crippen LogP contribution in [0.15, 0.2) is 45.6 Å². The lowest BCUT2D eigenvalue weighted by molar-refractivity contribution is -0.264. The lowest BCUT2D eigenvalue weighted by Gasteiger charge is -2.69. The Labute approximate surface area is 235 Å². The number of carbonyl (C=O) groups excluding carboxylic acids is 2. The van der Waals surface area contributed by atoms with Gasteiger partial charge in [-0.15, -0.1) is 0 Å². The van der Waals surface area contributed by atoms with Crippen LogP contribution in [-0.4, -0.2) is 53.2 Å². The number of aliphatic hydroxyl groups is 2. The molecule has 4 fully saturated rings. The van der Waals surface area contributed by atoms with Crippen LogP contribution >= 0.6 is 0 Å². The number of hydrogen-bond donors (Lipinski definition) is 2. The van der Waals surface area contributed by atoms with Crippen LogP contribution in [0.4, 0.5) is 0 Å². The summed E-state index contributed by atoms with van der Waals surface area (Å²) in [4.78, 5) is 26.4. The summed E-state index contributed by atoms with van der Waals surface area (Å²) < 4.78 is 24.3. The van der Waals surface area contributed by atoms with E-state index in [1.165, 1.54) is 0 Å². The molecular formula is C32H42O8. The van der Waals surface area contributed by atoms with E-state index in [0.29, 0.717) is 30.8 Å². The quantitative estimate of drug-likeness (QED) is 0.410. The van der Waals surface area contributed by atoms with Gasteiger partial charge in [-0.2, -0.15) is 0 Å². The van der Waals surface area contributed by atoms with Gasteiger partial charge in [-0.3, -0.25) is 0 Å². The topological polar surface area (TPSA) is 115 Å². The molecule has 2 N–H and O–H groups in total. The van der Waals surface area contributed by atoms with Gasteiger partial charge in [0.15, 0.2) is 6.10 Å². The lowest BCUT2D eigenvalue weighted by Crippen LogP contribution is -2.73. The molecule has 6 rings (SSSR count). The first-order valence-corrected chi connectivity index (χ1v) is 14.5. The van der Waals surface area contributed by atoms with Crippen LogP contribution in [-0.2, 0) is 23.8 Å². The summed E-state index contributed by atoms with van der Waals surface area (Å²) in [6.07, 6.45) is 1.32. The monoisotopic (exact) mass is 554 g/mol. The summed E-state index contributed by atoms with van der Waals surface area (Å²) >= 11 is 0. The fraction of sp³-hybridized carbons (Fsp3) is 0.688. The fourth-order valence-electron chi connectivity index (χ4n) is 9.59. The second-order valence-corrected chi connectivity index (χ2v) is 14.0. The Bertz CT molecular complexity index is 1290. The standard InChI is InChI=1S/C32H42O8/c1-16(2)17(3)28(36)39-22-14-21(33)30(5)15-38-24-25(30)32(22,7)19-10-11-29(4)20(31(19,6)26(24)35)13-23(34)40-27(29)18-9-8-12-37-18/h8-9,12-13,19,21-22,24-27,33,35H,10-11,14-15H2,1-7H3/t19-,21+,22-,24+,25-,26+,27-,29+,30+,31+,32-/m0/s1. The third-order valence-corrected chi connectivity index (χ3v) is 11.9. The summed E-state index contributed by atoms with van der Waals surface area (Å²) in [6.45, 7) is 14.1. The molecule has 1 aromatic rings. The molecule has 11 atom stereocenters. The molecule has 0 amide bonds. The number of ether oxygens (including phenoxy) is 3. The van der Waals surface area contributed by atoms with E-state index in [1.54, 1.807) is 25.3 Å². The van der Waals surface area contributed by atoms with E-state index in [2.05, 4.69) is 13.8 Å². The van der Waals surface area contributed by atoms with Gasteiger partial charge in [0, 0.05) is 45.6 Å². The zero-order chi connectivity index (χ0) is 29.0. The van der Waals surface area contributed by atoms with Crippen molar-refractivity contribution in [2.75, 3.05) is 6.61 Å². The summed E-state index contributed by atoms with van der Waals surface area (Å²) in [7, 11) is 0. The van der Waals surface area contributed by atoms with Crippen molar-refractivity contribution in [1.82, 2.24) is 0 Å². The molecule has 0 unspecified atom stereocenters. The Hall–Kier alpha value is -2.42. The smallest absolute Gasteiger partial charge is 0.333 e. The Morgan fingerprint density at radius 1 is 1.12 bits per heavy atom. The number of hydrogen-bond acceptors (Lipinski definition) is 8. The van der Waals surface area contributed by atoms with Crippen LogP contribution in [0, 0.1) is 33.5 Å². The van der Waals surface area contributed by atoms with Crippen molar-refractivity contribution in [2.24, 2.45) is 33.5 Å². The van der Waals surface area contributed by atoms with Crippen molar-refractivity contribution in [3.8, 4) is 0 Å². The van der Waals surface area contributed by atoms with Gasteiger partial charge < -0.3 is 28.8 Å². The van der Waals surface area contributed by atoms with Crippen molar-refractivity contribution in [3.63, 3.8) is 0 Å². The van der Waals surface area contributed by atoms with Gasteiger partial charge in [-0.05, 0) is 57.2 Å². The molecule has 40 heavy (non-hydrogen) atoms. The van der Waals surface area contributed by atoms with Crippen LogP contribution in [0.2, 0.25) is 0 Å². The lowest BCUT2D eigenvalue weighted by atomic mass is 9.36. The van der Waals surface area contributed by atoms with E-state index in [0.717, 1.165) is 11.1 Å². The largest absolute Gasteiger partial charge is 0.465 e. The molecule has 3 saturated carbocycles. The zero-order valence-electron chi connectivity index (χ0n) is 24.5. The molecule has 8 heteroatoms. The molecule has 3 aliphatic carbocycles. The normalized spacial score (nSPS) is 47.3. The van der Waals surface area contributed by atoms with Crippen LogP contribution in [0.5, 0.6) is 0 Å². The van der Waals surface area contributed by atoms with Crippen LogP contribution in [0.1, 0.15) is 79.6 Å². The Kier molecular flexibility index (Phi) is 6.10. The molecule has 3 heterocycles. The number of rotatable bonds is 3. The highest BCUT2D eigenvalue weighted by Crippen LogP contribution is 2.74. The molecule has 0 spiro atoms. The predicted molar refractivity (Wildman–Crippen MR) is 145 cm³/mol. The minimum Gasteiger partial charge on any atom is -0.465 e. The van der Waals surface area contributed by atoms with Gasteiger partial charge in [0.2, 0.25) is 0 Å². The van der Waals surface area contributed by atoms with E-state index in [9.17, 15) is 19.8 Å². The third-order valence-electron chi connectivity index (χ3n) is 11.9. The van der Waals surface area contributed by atoms with Gasteiger partial charge in [-0.1, -0.05) is 33.3 Å². The second-order valence-electron chi connectivity index (χ2n) is 14.0. The Morgan fingerprint density at radius 3 is 2.50 bits per heavy atom. The first kappa shape index (κ1) is 27.7. The molecule has 1 saturated heterocycles. The minimum absolute atomic E-state index is 0.155. The maximum atomic E-state index is 13.3. The number of cyclic esters (lactones) is 1. The fourth-order valence-corrected chi connectivity index (χ4v) is 9.59. The summed E-state index contributed by atoms with van der Waals surface area (Å²) in [5, 5.41) is 23.7. The number of carbonyl (C=O) groups is 2. The van der Waals surface area contributed by atoms with E-state index < -0.39 is 58.1 Å². The second kappa shape index (κ2) is 8.79. The van der Waals surface area contributed by atoms with Gasteiger partial charge in [-0.25, -0.2) is 9.59 Å². The highest BCUT2D eigenvalue weighted by atomic mass is 16.6. The highest BCUT2D eigenvalue weighted by Gasteiger charge is 2.77. The molecule has 0 aromatic carbocycles. The summed E-state index contributed by atoms with van der Waals surface area (Å²) in [6, 6.07) is 3.61. The first-order valence-electron chi connectivity index (χ1n) is 14.5. The van der Waals surface area contributed by atoms with Gasteiger partial charge >= 0.3 is 11.9 Å². The number of aliphatic hydroxyl groups excluding tert-OH is 2. The summed E-state index contributed by atoms with van der Waals surface area (Å²) in [5.74, 6) is -0.676. The molecule has 2 aliphatic heterocycles. The van der Waals surface area contributed by atoms with Crippen LogP contribution in [0.3, 0.4) is 0 Å². The first-order chi connectivity index (χ1) is 18.7. The van der Waals surface area contributed by atoms with Crippen molar-refractivity contribution >= 4 is 11.9 Å². The average Bonchev–Trinajstić information content (AvgIpc) is 3.55. The Morgan fingerprint density at radius 2 is 1.85 bits per heavy atom. The number of furan rings is 1. The third kappa shape index (κ3) is 3.36. The Balaban J connectivity index is 1.51. The van der Waals surface area contributed by atoms with Crippen LogP contribution < -0.4 is 0 Å². The van der Waals surface area contributed by atoms with E-state index in [1.807, 2.05) is 33.8 Å². The molecule has 0 bridgehead atoms.